The lowest BCUT2D eigenvalue weighted by molar-refractivity contribution is -0.136. The third kappa shape index (κ3) is 1.90. The molecule has 0 aromatic carbocycles. The van der Waals surface area contributed by atoms with Crippen molar-refractivity contribution < 1.29 is 9.53 Å². The Balaban J connectivity index is 2.19. The van der Waals surface area contributed by atoms with Gasteiger partial charge in [0.1, 0.15) is 12.4 Å². The molecule has 0 spiro atoms. The van der Waals surface area contributed by atoms with Crippen LogP contribution in [0.1, 0.15) is 24.3 Å². The summed E-state index contributed by atoms with van der Waals surface area (Å²) >= 11 is 1.58. The van der Waals surface area contributed by atoms with Crippen molar-refractivity contribution in [2.45, 2.75) is 19.4 Å². The molecule has 104 valence electrons. The minimum absolute atomic E-state index is 0.281. The summed E-state index contributed by atoms with van der Waals surface area (Å²) in [6.45, 7) is 1.99. The van der Waals surface area contributed by atoms with Gasteiger partial charge in [-0.2, -0.15) is 10.1 Å². The number of nitrogens with zero attached hydrogens (tertiary/aromatic N) is 3. The maximum absolute atomic E-state index is 12.2. The Hall–Kier alpha value is -2.15. The van der Waals surface area contributed by atoms with Crippen molar-refractivity contribution in [3.63, 3.8) is 0 Å². The first-order chi connectivity index (χ1) is 9.76. The van der Waals surface area contributed by atoms with Gasteiger partial charge in [-0.1, -0.05) is 13.0 Å². The molecule has 0 unspecified atom stereocenters. The van der Waals surface area contributed by atoms with Crippen LogP contribution in [0.15, 0.2) is 35.1 Å². The van der Waals surface area contributed by atoms with Crippen LogP contribution in [0.25, 0.3) is 0 Å². The fraction of sp³-hybridized carbons (Fsp3) is 0.308. The van der Waals surface area contributed by atoms with Gasteiger partial charge in [0.15, 0.2) is 0 Å². The number of thiophene rings is 1. The maximum atomic E-state index is 12.2. The van der Waals surface area contributed by atoms with Crippen LogP contribution < -0.4 is 5.32 Å². The predicted molar refractivity (Wildman–Crippen MR) is 75.4 cm³/mol. The number of allylic oxidation sites excluding steroid dienone is 1. The van der Waals surface area contributed by atoms with Crippen molar-refractivity contribution in [3.05, 3.63) is 40.0 Å². The standard InChI is InChI=1S/C13H14N4O2S/c1-3-8-10(12(18)19-2)11(9-5-4-6-20-9)17-13(16-8)14-7-15-17/h4-7,11H,3H2,1-2H3,(H,14,15,16)/t11-/m1/s1. The van der Waals surface area contributed by atoms with Gasteiger partial charge in [0, 0.05) is 10.6 Å². The molecule has 7 heteroatoms. The summed E-state index contributed by atoms with van der Waals surface area (Å²) in [5, 5.41) is 9.37. The summed E-state index contributed by atoms with van der Waals surface area (Å²) in [7, 11) is 1.39. The Kier molecular flexibility index (Phi) is 3.27. The van der Waals surface area contributed by atoms with E-state index >= 15 is 0 Å². The summed E-state index contributed by atoms with van der Waals surface area (Å²) in [6, 6.07) is 3.66. The highest BCUT2D eigenvalue weighted by Gasteiger charge is 2.35. The number of anilines is 1. The summed E-state index contributed by atoms with van der Waals surface area (Å²) in [4.78, 5) is 17.4. The second-order valence-corrected chi connectivity index (χ2v) is 5.29. The molecule has 1 aliphatic heterocycles. The quantitative estimate of drug-likeness (QED) is 0.878. The summed E-state index contributed by atoms with van der Waals surface area (Å²) < 4.78 is 6.67. The Morgan fingerprint density at radius 1 is 1.60 bits per heavy atom. The van der Waals surface area contributed by atoms with E-state index in [-0.39, 0.29) is 12.0 Å². The SMILES string of the molecule is CCC1=C(C(=O)OC)[C@@H](c2cccs2)n2ncnc2N1. The number of hydrogen-bond donors (Lipinski definition) is 1. The van der Waals surface area contributed by atoms with Crippen molar-refractivity contribution >= 4 is 23.3 Å². The fourth-order valence-corrected chi connectivity index (χ4v) is 3.17. The molecular formula is C13H14N4O2S. The molecule has 2 aromatic heterocycles. The molecule has 20 heavy (non-hydrogen) atoms. The normalized spacial score (nSPS) is 17.6. The predicted octanol–water partition coefficient (Wildman–Crippen LogP) is 2.19. The highest BCUT2D eigenvalue weighted by atomic mass is 32.1. The minimum atomic E-state index is -0.339. The molecule has 0 bridgehead atoms. The van der Waals surface area contributed by atoms with Gasteiger partial charge in [0.05, 0.1) is 12.7 Å². The first-order valence-corrected chi connectivity index (χ1v) is 7.15. The lowest BCUT2D eigenvalue weighted by Gasteiger charge is -2.27. The Bertz CT molecular complexity index is 660. The number of fused-ring (bicyclic) bond motifs is 1. The monoisotopic (exact) mass is 290 g/mol. The lowest BCUT2D eigenvalue weighted by atomic mass is 10.00. The smallest absolute Gasteiger partial charge is 0.338 e. The third-order valence-corrected chi connectivity index (χ3v) is 4.18. The van der Waals surface area contributed by atoms with E-state index in [0.29, 0.717) is 17.9 Å². The average Bonchev–Trinajstić information content (AvgIpc) is 3.15. The topological polar surface area (TPSA) is 69.0 Å². The molecule has 1 N–H and O–H groups in total. The largest absolute Gasteiger partial charge is 0.466 e. The van der Waals surface area contributed by atoms with Gasteiger partial charge in [-0.3, -0.25) is 0 Å². The second kappa shape index (κ2) is 5.09. The number of carbonyl (C=O) groups excluding carboxylic acids is 1. The molecule has 0 radical (unpaired) electrons. The van der Waals surface area contributed by atoms with Gasteiger partial charge < -0.3 is 10.1 Å². The van der Waals surface area contributed by atoms with Gasteiger partial charge >= 0.3 is 5.97 Å². The van der Waals surface area contributed by atoms with Crippen LogP contribution >= 0.6 is 11.3 Å². The first-order valence-electron chi connectivity index (χ1n) is 6.27. The minimum Gasteiger partial charge on any atom is -0.466 e. The molecule has 0 aliphatic carbocycles. The number of hydrogen-bond acceptors (Lipinski definition) is 6. The number of methoxy groups -OCH3 is 1. The highest BCUT2D eigenvalue weighted by molar-refractivity contribution is 7.10. The zero-order chi connectivity index (χ0) is 14.1. The van der Waals surface area contributed by atoms with Crippen molar-refractivity contribution in [2.75, 3.05) is 12.4 Å². The van der Waals surface area contributed by atoms with Crippen molar-refractivity contribution in [3.8, 4) is 0 Å². The highest BCUT2D eigenvalue weighted by Crippen LogP contribution is 2.37. The van der Waals surface area contributed by atoms with Crippen LogP contribution in [0.3, 0.4) is 0 Å². The zero-order valence-electron chi connectivity index (χ0n) is 11.2. The van der Waals surface area contributed by atoms with E-state index < -0.39 is 0 Å². The lowest BCUT2D eigenvalue weighted by Crippen LogP contribution is -2.29. The van der Waals surface area contributed by atoms with Gasteiger partial charge in [0.2, 0.25) is 5.95 Å². The summed E-state index contributed by atoms with van der Waals surface area (Å²) in [5.41, 5.74) is 1.42. The molecule has 0 saturated heterocycles. The van der Waals surface area contributed by atoms with E-state index in [1.807, 2.05) is 24.4 Å². The van der Waals surface area contributed by atoms with Crippen molar-refractivity contribution in [1.29, 1.82) is 0 Å². The molecule has 0 saturated carbocycles. The Morgan fingerprint density at radius 3 is 3.10 bits per heavy atom. The van der Waals surface area contributed by atoms with Crippen LogP contribution in [0.5, 0.6) is 0 Å². The van der Waals surface area contributed by atoms with Crippen molar-refractivity contribution in [2.24, 2.45) is 0 Å². The number of nitrogens with one attached hydrogen (secondary N) is 1. The zero-order valence-corrected chi connectivity index (χ0v) is 12.0. The number of rotatable bonds is 3. The van der Waals surface area contributed by atoms with Gasteiger partial charge in [-0.15, -0.1) is 11.3 Å². The summed E-state index contributed by atoms with van der Waals surface area (Å²) in [6.07, 6.45) is 2.18. The van der Waals surface area contributed by atoms with E-state index in [0.717, 1.165) is 10.6 Å². The van der Waals surface area contributed by atoms with Crippen LogP contribution in [-0.4, -0.2) is 27.8 Å². The van der Waals surface area contributed by atoms with Crippen molar-refractivity contribution in [1.82, 2.24) is 14.8 Å². The van der Waals surface area contributed by atoms with E-state index in [2.05, 4.69) is 15.4 Å². The van der Waals surface area contributed by atoms with Gasteiger partial charge in [-0.25, -0.2) is 9.48 Å². The molecule has 0 fully saturated rings. The number of carbonyl (C=O) groups is 1. The van der Waals surface area contributed by atoms with E-state index in [1.165, 1.54) is 13.4 Å². The molecular weight excluding hydrogens is 276 g/mol. The Labute approximate surface area is 120 Å². The Morgan fingerprint density at radius 2 is 2.45 bits per heavy atom. The number of ether oxygens (including phenoxy) is 1. The van der Waals surface area contributed by atoms with Crippen LogP contribution in [-0.2, 0) is 9.53 Å². The third-order valence-electron chi connectivity index (χ3n) is 3.25. The van der Waals surface area contributed by atoms with Crippen LogP contribution in [0.4, 0.5) is 5.95 Å². The molecule has 1 atom stereocenters. The first kappa shape index (κ1) is 12.9. The molecule has 0 amide bonds. The average molecular weight is 290 g/mol. The second-order valence-electron chi connectivity index (χ2n) is 4.31. The molecule has 1 aliphatic rings. The van der Waals surface area contributed by atoms with Gasteiger partial charge in [-0.05, 0) is 17.9 Å². The maximum Gasteiger partial charge on any atom is 0.338 e. The fourth-order valence-electron chi connectivity index (χ4n) is 2.35. The van der Waals surface area contributed by atoms with E-state index in [1.54, 1.807) is 16.0 Å². The molecule has 6 nitrogen and oxygen atoms in total. The molecule has 2 aromatic rings. The van der Waals surface area contributed by atoms with E-state index in [9.17, 15) is 4.79 Å². The molecule has 3 rings (SSSR count). The number of esters is 1. The van der Waals surface area contributed by atoms with Gasteiger partial charge in [0.25, 0.3) is 0 Å². The summed E-state index contributed by atoms with van der Waals surface area (Å²) in [5.74, 6) is 0.307. The number of aromatic nitrogens is 3. The molecule has 3 heterocycles. The van der Waals surface area contributed by atoms with Crippen LogP contribution in [0, 0.1) is 0 Å². The van der Waals surface area contributed by atoms with Crippen LogP contribution in [0.2, 0.25) is 0 Å². The van der Waals surface area contributed by atoms with E-state index in [4.69, 9.17) is 4.74 Å².